The number of aliphatic hydroxyl groups excluding tert-OH is 2. The van der Waals surface area contributed by atoms with E-state index in [0.29, 0.717) is 60.9 Å². The summed E-state index contributed by atoms with van der Waals surface area (Å²) in [5.41, 5.74) is 10.0. The van der Waals surface area contributed by atoms with Crippen LogP contribution < -0.4 is 53.6 Å². The van der Waals surface area contributed by atoms with Crippen molar-refractivity contribution in [3.8, 4) is 0 Å². The van der Waals surface area contributed by atoms with Crippen molar-refractivity contribution in [3.63, 3.8) is 0 Å². The van der Waals surface area contributed by atoms with Crippen molar-refractivity contribution in [2.75, 3.05) is 49.8 Å². The van der Waals surface area contributed by atoms with Crippen molar-refractivity contribution in [2.24, 2.45) is 5.92 Å². The van der Waals surface area contributed by atoms with Crippen molar-refractivity contribution in [1.29, 1.82) is 0 Å². The van der Waals surface area contributed by atoms with E-state index < -0.39 is 176 Å². The molecule has 32 nitrogen and oxygen atoms in total. The molecule has 9 aromatic rings. The molecule has 616 valence electrons. The van der Waals surface area contributed by atoms with Crippen LogP contribution in [0.4, 0.5) is 0 Å². The number of aliphatic hydroxyl groups is 2. The molecule has 4 bridgehead atoms. The van der Waals surface area contributed by atoms with E-state index in [0.717, 1.165) is 32.5 Å². The fraction of sp³-hybridized carbons (Fsp3) is 0.378. The third-order valence-corrected chi connectivity index (χ3v) is 24.1. The summed E-state index contributed by atoms with van der Waals surface area (Å²) < 4.78 is 0. The molecule has 19 N–H and O–H groups in total. The van der Waals surface area contributed by atoms with Gasteiger partial charge in [0, 0.05) is 130 Å². The molecule has 5 aromatic carbocycles. The number of carbonyl (C=O) groups is 13. The van der Waals surface area contributed by atoms with Gasteiger partial charge in [0.05, 0.1) is 13.2 Å². The lowest BCUT2D eigenvalue weighted by molar-refractivity contribution is -0.309. The molecule has 12 unspecified atom stereocenters. The number of carboxylic acids is 1. The van der Waals surface area contributed by atoms with Crippen LogP contribution in [0, 0.1) is 5.92 Å². The Labute approximate surface area is 684 Å². The van der Waals surface area contributed by atoms with Gasteiger partial charge >= 0.3 is 11.9 Å². The molecule has 12 amide bonds. The number of aliphatic carboxylic acids is 1. The van der Waals surface area contributed by atoms with Gasteiger partial charge in [0.25, 0.3) is 0 Å². The molecule has 0 aliphatic carbocycles. The number of H-pyrrole nitrogens is 4. The number of quaternary nitrogens is 1. The van der Waals surface area contributed by atoms with Gasteiger partial charge in [-0.2, -0.15) is 35.3 Å². The summed E-state index contributed by atoms with van der Waals surface area (Å²) in [6.07, 6.45) is 6.78. The topological polar surface area (TPSA) is 488 Å². The first-order valence-corrected chi connectivity index (χ1v) is 42.2. The van der Waals surface area contributed by atoms with Crippen LogP contribution in [0.5, 0.6) is 0 Å². The fourth-order valence-electron chi connectivity index (χ4n) is 15.1. The number of carbonyl (C=O) groups excluding carboxylic acids is 12. The van der Waals surface area contributed by atoms with Crippen LogP contribution in [0.1, 0.15) is 66.0 Å². The number of nitrogens with zero attached hydrogens (tertiary/aromatic N) is 2. The van der Waals surface area contributed by atoms with Crippen LogP contribution in [0.15, 0.2) is 146 Å². The minimum atomic E-state index is -1.75. The van der Waals surface area contributed by atoms with E-state index in [4.69, 9.17) is 0 Å². The number of aromatic nitrogens is 4. The molecule has 0 saturated carbocycles. The molecule has 35 heteroatoms. The Bertz CT molecular complexity index is 5180. The van der Waals surface area contributed by atoms with Crippen LogP contribution in [0.2, 0.25) is 0 Å². The summed E-state index contributed by atoms with van der Waals surface area (Å²) in [7, 11) is 0. The lowest BCUT2D eigenvalue weighted by Crippen LogP contribution is -2.68. The second-order valence-electron chi connectivity index (χ2n) is 29.6. The Morgan fingerprint density at radius 3 is 1.66 bits per heavy atom. The number of rotatable bonds is 28. The number of hydrogen-bond donors (Lipinski definition) is 17. The molecule has 12 rings (SSSR count). The smallest absolute Gasteiger partial charge is 0.333 e. The minimum absolute atomic E-state index is 0.0366. The number of piperazine rings is 1. The van der Waals surface area contributed by atoms with Crippen LogP contribution in [-0.4, -0.2) is 238 Å². The van der Waals surface area contributed by atoms with E-state index in [9.17, 15) is 53.7 Å². The van der Waals surface area contributed by atoms with Gasteiger partial charge in [0.2, 0.25) is 65.0 Å². The first-order valence-electron chi connectivity index (χ1n) is 38.5. The Balaban J connectivity index is 0.849. The van der Waals surface area contributed by atoms with E-state index >= 15 is 24.0 Å². The molecular weight excluding hydrogens is 1560 g/mol. The number of benzene rings is 5. The number of carboxylic acid groups (broad SMARTS) is 1. The zero-order chi connectivity index (χ0) is 83.0. The highest BCUT2D eigenvalue weighted by molar-refractivity contribution is 7.99. The molecule has 7 heterocycles. The summed E-state index contributed by atoms with van der Waals surface area (Å²) in [5, 5.41) is 58.6. The van der Waals surface area contributed by atoms with Crippen LogP contribution >= 0.6 is 35.3 Å². The van der Waals surface area contributed by atoms with E-state index in [1.165, 1.54) is 40.2 Å². The quantitative estimate of drug-likeness (QED) is 0.0328. The number of piperidine rings is 1. The third kappa shape index (κ3) is 21.2. The molecule has 0 spiro atoms. The molecule has 12 atom stereocenters. The summed E-state index contributed by atoms with van der Waals surface area (Å²) in [5.74, 6) is -10.9. The van der Waals surface area contributed by atoms with Gasteiger partial charge in [0.1, 0.15) is 67.0 Å². The lowest BCUT2D eigenvalue weighted by atomic mass is 9.92. The monoisotopic (exact) mass is 1660 g/mol. The second kappa shape index (κ2) is 39.4. The van der Waals surface area contributed by atoms with Gasteiger partial charge in [-0.15, -0.1) is 0 Å². The highest BCUT2D eigenvalue weighted by Crippen LogP contribution is 2.29. The van der Waals surface area contributed by atoms with Gasteiger partial charge in [-0.3, -0.25) is 63.3 Å². The van der Waals surface area contributed by atoms with Crippen LogP contribution in [0.25, 0.3) is 43.6 Å². The highest BCUT2D eigenvalue weighted by Gasteiger charge is 2.45. The summed E-state index contributed by atoms with van der Waals surface area (Å²) >= 11 is 3.88. The van der Waals surface area contributed by atoms with Crippen molar-refractivity contribution in [3.05, 3.63) is 179 Å². The SMILES string of the molecule is CSCCC1C(=O)NC(C(=O)NC(CO)C([NH3+])=O)CSCc2cccc(c2)CSCC(NC(=O)C(Cc2c[nH]c3ccccc23)NC(=O)C(Cc2c[nH]c3ccccc23)NC(=O)C(CCC(=O)O)NC(=O)C(Cc2c[nH]c3ccccc23)N2CC(=O)NC(Cc3c[nH]c4ccccc34)C2=O)C(=O)NC(CO)C(=O)NC2CC(C)CN1C2=O. The van der Waals surface area contributed by atoms with E-state index in [-0.39, 0.29) is 68.2 Å². The highest BCUT2D eigenvalue weighted by atomic mass is 32.2. The number of para-hydroxylation sites is 4. The molecule has 3 aliphatic rings. The zero-order valence-corrected chi connectivity index (χ0v) is 66.7. The molecule has 2 saturated heterocycles. The van der Waals surface area contributed by atoms with Crippen LogP contribution in [0.3, 0.4) is 0 Å². The summed E-state index contributed by atoms with van der Waals surface area (Å²) in [6, 6.07) is 20.3. The summed E-state index contributed by atoms with van der Waals surface area (Å²) in [4.78, 5) is 204. The van der Waals surface area contributed by atoms with Crippen LogP contribution in [-0.2, 0) is 99.5 Å². The van der Waals surface area contributed by atoms with Gasteiger partial charge in [-0.05, 0) is 94.8 Å². The molecule has 117 heavy (non-hydrogen) atoms. The Hall–Kier alpha value is -11.5. The average Bonchev–Trinajstić information content (AvgIpc) is 1.71. The maximum Gasteiger partial charge on any atom is 0.333 e. The number of amides is 12. The van der Waals surface area contributed by atoms with Crippen molar-refractivity contribution in [2.45, 2.75) is 136 Å². The summed E-state index contributed by atoms with van der Waals surface area (Å²) in [6.45, 7) is -0.456. The standard InChI is InChI=1S/C82H94N16O16S3/c1-44-26-62-81(113)97(36-44)68(24-25-115-2)79(111)96-67(77(109)93-64(38-99)72(83)104)43-117-41-46-13-11-12-45(27-46)40-116-42-66(78(110)94-65(39-100)76(108)92-62)95-75(107)61(29-48-33-85-56-19-8-4-15-52(48)56)91-74(106)60(28-47-32-84-55-18-7-3-14-51(47)55)90-73(105)59(22-23-71(102)103)89-80(112)69(31-50-35-87-58-21-10-6-17-54(50)58)98-37-70(101)88-63(82(98)114)30-49-34-86-57-20-9-5-16-53(49)57/h3-21,27,32-35,44,59-69,84-87,99-100H,22-26,28-31,36-43H2,1-2H3,(H2,83,104)(H,88,101)(H,89,112)(H,90,105)(H,91,106)(H,92,108)(H,93,109)(H,94,110)(H,95,107)(H,96,111)(H,102,103)/p+1. The fourth-order valence-corrected chi connectivity index (χ4v) is 17.6. The van der Waals surface area contributed by atoms with Gasteiger partial charge in [-0.1, -0.05) is 104 Å². The van der Waals surface area contributed by atoms with Gasteiger partial charge < -0.3 is 92.9 Å². The predicted octanol–water partition coefficient (Wildman–Crippen LogP) is 1.24. The molecule has 0 radical (unpaired) electrons. The molecule has 3 aliphatic heterocycles. The van der Waals surface area contributed by atoms with Gasteiger partial charge in [0.15, 0.2) is 6.04 Å². The van der Waals surface area contributed by atoms with Crippen molar-refractivity contribution < 1.29 is 83.4 Å². The van der Waals surface area contributed by atoms with E-state index in [2.05, 4.69) is 73.5 Å². The normalized spacial score (nSPS) is 20.6. The molecule has 2 fully saturated rings. The van der Waals surface area contributed by atoms with E-state index in [1.54, 1.807) is 85.5 Å². The average molecular weight is 1660 g/mol. The first-order chi connectivity index (χ1) is 56.4. The Morgan fingerprint density at radius 2 is 1.10 bits per heavy atom. The maximum atomic E-state index is 15.8. The Kier molecular flexibility index (Phi) is 28.6. The second-order valence-corrected chi connectivity index (χ2v) is 32.6. The minimum Gasteiger partial charge on any atom is -0.481 e. The number of aromatic amines is 4. The number of hydrogen-bond acceptors (Lipinski definition) is 18. The number of fused-ring (bicyclic) bond motifs is 8. The Morgan fingerprint density at radius 1 is 0.573 bits per heavy atom. The maximum absolute atomic E-state index is 15.8. The lowest BCUT2D eigenvalue weighted by Gasteiger charge is -2.41. The number of nitrogens with one attached hydrogen (secondary N) is 13. The third-order valence-electron chi connectivity index (χ3n) is 21.2. The number of thioether (sulfide) groups is 3. The van der Waals surface area contributed by atoms with Gasteiger partial charge in [-0.25, -0.2) is 4.79 Å². The first kappa shape index (κ1) is 84.9. The molecular formula is C82H95N16O16S3+. The predicted molar refractivity (Wildman–Crippen MR) is 441 cm³/mol. The van der Waals surface area contributed by atoms with Crippen molar-refractivity contribution in [1.82, 2.24) is 77.6 Å². The van der Waals surface area contributed by atoms with E-state index in [1.807, 2.05) is 73.8 Å². The zero-order valence-electron chi connectivity index (χ0n) is 64.3. The largest absolute Gasteiger partial charge is 0.481 e. The molecule has 4 aromatic heterocycles. The van der Waals surface area contributed by atoms with Crippen molar-refractivity contribution >= 4 is 156 Å².